The van der Waals surface area contributed by atoms with Crippen LogP contribution < -0.4 is 5.32 Å². The van der Waals surface area contributed by atoms with Gasteiger partial charge in [-0.15, -0.1) is 11.3 Å². The fourth-order valence-electron chi connectivity index (χ4n) is 4.81. The first-order chi connectivity index (χ1) is 17.0. The molecule has 1 aromatic heterocycles. The maximum absolute atomic E-state index is 13.6. The molecule has 1 aliphatic carbocycles. The lowest BCUT2D eigenvalue weighted by Gasteiger charge is -2.31. The Labute approximate surface area is 211 Å². The van der Waals surface area contributed by atoms with Crippen molar-refractivity contribution in [1.29, 1.82) is 0 Å². The molecule has 1 aliphatic heterocycles. The largest absolute Gasteiger partial charge is 0.376 e. The molecule has 0 radical (unpaired) electrons. The van der Waals surface area contributed by atoms with Gasteiger partial charge in [0.2, 0.25) is 5.91 Å². The molecule has 190 valence electrons. The molecule has 1 saturated heterocycles. The summed E-state index contributed by atoms with van der Waals surface area (Å²) in [4.78, 5) is 31.4. The normalized spacial score (nSPS) is 18.4. The van der Waals surface area contributed by atoms with Crippen molar-refractivity contribution in [2.24, 2.45) is 0 Å². The molecule has 1 atom stereocenters. The zero-order chi connectivity index (χ0) is 24.6. The van der Waals surface area contributed by atoms with Gasteiger partial charge in [-0.3, -0.25) is 4.79 Å². The zero-order valence-corrected chi connectivity index (χ0v) is 21.3. The summed E-state index contributed by atoms with van der Waals surface area (Å²) in [6.45, 7) is 3.95. The SMILES string of the molecule is Cc1ccsc1CN(Cc1ccc(F)cc1)C(=O)CN(CC1CCCO1)C(=O)NC1CCCCC1. The second-order valence-electron chi connectivity index (χ2n) is 9.70. The van der Waals surface area contributed by atoms with Crippen LogP contribution in [0.25, 0.3) is 0 Å². The van der Waals surface area contributed by atoms with E-state index < -0.39 is 0 Å². The number of thiophene rings is 1. The third-order valence-corrected chi connectivity index (χ3v) is 7.94. The summed E-state index contributed by atoms with van der Waals surface area (Å²) in [5.41, 5.74) is 1.99. The monoisotopic (exact) mass is 501 g/mol. The minimum Gasteiger partial charge on any atom is -0.376 e. The molecule has 1 aromatic carbocycles. The molecule has 2 aromatic rings. The molecule has 2 heterocycles. The molecule has 4 rings (SSSR count). The molecule has 35 heavy (non-hydrogen) atoms. The van der Waals surface area contributed by atoms with E-state index >= 15 is 0 Å². The molecular formula is C27H36FN3O3S. The van der Waals surface area contributed by atoms with Gasteiger partial charge >= 0.3 is 6.03 Å². The highest BCUT2D eigenvalue weighted by Gasteiger charge is 2.28. The average Bonchev–Trinajstić information content (AvgIpc) is 3.52. The number of urea groups is 1. The molecule has 6 nitrogen and oxygen atoms in total. The zero-order valence-electron chi connectivity index (χ0n) is 20.5. The third-order valence-electron chi connectivity index (χ3n) is 6.94. The van der Waals surface area contributed by atoms with Crippen molar-refractivity contribution < 1.29 is 18.7 Å². The van der Waals surface area contributed by atoms with Crippen molar-refractivity contribution in [3.05, 3.63) is 57.5 Å². The van der Waals surface area contributed by atoms with E-state index in [1.54, 1.807) is 33.3 Å². The van der Waals surface area contributed by atoms with Gasteiger partial charge < -0.3 is 19.9 Å². The van der Waals surface area contributed by atoms with E-state index in [1.165, 1.54) is 18.6 Å². The van der Waals surface area contributed by atoms with Gasteiger partial charge in [0.25, 0.3) is 0 Å². The number of halogens is 1. The highest BCUT2D eigenvalue weighted by molar-refractivity contribution is 7.10. The topological polar surface area (TPSA) is 61.9 Å². The van der Waals surface area contributed by atoms with Crippen LogP contribution in [0.4, 0.5) is 9.18 Å². The summed E-state index contributed by atoms with van der Waals surface area (Å²) in [7, 11) is 0. The van der Waals surface area contributed by atoms with E-state index in [4.69, 9.17) is 4.74 Å². The number of rotatable bonds is 9. The lowest BCUT2D eigenvalue weighted by Crippen LogP contribution is -2.51. The van der Waals surface area contributed by atoms with Gasteiger partial charge in [0.05, 0.1) is 12.6 Å². The van der Waals surface area contributed by atoms with Crippen molar-refractivity contribution in [2.45, 2.75) is 77.1 Å². The lowest BCUT2D eigenvalue weighted by atomic mass is 9.96. The van der Waals surface area contributed by atoms with Gasteiger partial charge in [-0.05, 0) is 67.3 Å². The number of hydrogen-bond acceptors (Lipinski definition) is 4. The quantitative estimate of drug-likeness (QED) is 0.511. The summed E-state index contributed by atoms with van der Waals surface area (Å²) in [5, 5.41) is 5.19. The summed E-state index contributed by atoms with van der Waals surface area (Å²) in [6, 6.07) is 8.26. The van der Waals surface area contributed by atoms with Crippen LogP contribution in [0, 0.1) is 12.7 Å². The van der Waals surface area contributed by atoms with Gasteiger partial charge in [-0.1, -0.05) is 31.4 Å². The Kier molecular flexibility index (Phi) is 9.15. The molecule has 1 N–H and O–H groups in total. The number of carbonyl (C=O) groups is 2. The maximum atomic E-state index is 13.6. The summed E-state index contributed by atoms with van der Waals surface area (Å²) in [6.07, 6.45) is 7.28. The number of ether oxygens (including phenoxy) is 1. The molecule has 8 heteroatoms. The lowest BCUT2D eigenvalue weighted by molar-refractivity contribution is -0.133. The second kappa shape index (κ2) is 12.5. The Morgan fingerprint density at radius 2 is 1.80 bits per heavy atom. The van der Waals surface area contributed by atoms with Crippen molar-refractivity contribution in [3.8, 4) is 0 Å². The number of aryl methyl sites for hydroxylation is 1. The van der Waals surface area contributed by atoms with Crippen LogP contribution in [-0.4, -0.2) is 53.6 Å². The average molecular weight is 502 g/mol. The van der Waals surface area contributed by atoms with Crippen LogP contribution in [0.3, 0.4) is 0 Å². The van der Waals surface area contributed by atoms with Gasteiger partial charge in [-0.2, -0.15) is 0 Å². The summed E-state index contributed by atoms with van der Waals surface area (Å²) >= 11 is 1.62. The highest BCUT2D eigenvalue weighted by atomic mass is 32.1. The molecule has 0 spiro atoms. The Balaban J connectivity index is 1.48. The van der Waals surface area contributed by atoms with Crippen molar-refractivity contribution >= 4 is 23.3 Å². The third kappa shape index (κ3) is 7.51. The molecule has 0 bridgehead atoms. The van der Waals surface area contributed by atoms with Crippen LogP contribution in [0.15, 0.2) is 35.7 Å². The van der Waals surface area contributed by atoms with E-state index in [0.29, 0.717) is 26.2 Å². The second-order valence-corrected chi connectivity index (χ2v) is 10.7. The highest BCUT2D eigenvalue weighted by Crippen LogP contribution is 2.21. The number of benzene rings is 1. The van der Waals surface area contributed by atoms with Crippen LogP contribution >= 0.6 is 11.3 Å². The van der Waals surface area contributed by atoms with Gasteiger partial charge in [0, 0.05) is 30.6 Å². The molecule has 3 amide bonds. The minimum absolute atomic E-state index is 0.00989. The maximum Gasteiger partial charge on any atom is 0.318 e. The predicted molar refractivity (Wildman–Crippen MR) is 136 cm³/mol. The fraction of sp³-hybridized carbons (Fsp3) is 0.556. The molecular weight excluding hydrogens is 465 g/mol. The minimum atomic E-state index is -0.303. The Morgan fingerprint density at radius 1 is 1.03 bits per heavy atom. The van der Waals surface area contributed by atoms with Crippen molar-refractivity contribution in [1.82, 2.24) is 15.1 Å². The molecule has 1 saturated carbocycles. The van der Waals surface area contributed by atoms with E-state index in [9.17, 15) is 14.0 Å². The summed E-state index contributed by atoms with van der Waals surface area (Å²) in [5.74, 6) is -0.429. The van der Waals surface area contributed by atoms with Crippen molar-refractivity contribution in [3.63, 3.8) is 0 Å². The molecule has 2 aliphatic rings. The van der Waals surface area contributed by atoms with E-state index in [-0.39, 0.29) is 36.4 Å². The molecule has 2 fully saturated rings. The van der Waals surface area contributed by atoms with Crippen LogP contribution in [0.5, 0.6) is 0 Å². The number of nitrogens with one attached hydrogen (secondary N) is 1. The number of amides is 3. The van der Waals surface area contributed by atoms with Crippen molar-refractivity contribution in [2.75, 3.05) is 19.7 Å². The summed E-state index contributed by atoms with van der Waals surface area (Å²) < 4.78 is 19.2. The smallest absolute Gasteiger partial charge is 0.318 e. The van der Waals surface area contributed by atoms with Gasteiger partial charge in [0.1, 0.15) is 12.4 Å². The first-order valence-electron chi connectivity index (χ1n) is 12.7. The van der Waals surface area contributed by atoms with E-state index in [2.05, 4.69) is 5.32 Å². The van der Waals surface area contributed by atoms with Gasteiger partial charge in [-0.25, -0.2) is 9.18 Å². The number of nitrogens with zero attached hydrogens (tertiary/aromatic N) is 2. The van der Waals surface area contributed by atoms with E-state index in [1.807, 2.05) is 18.4 Å². The fourth-order valence-corrected chi connectivity index (χ4v) is 5.73. The Morgan fingerprint density at radius 3 is 2.46 bits per heavy atom. The van der Waals surface area contributed by atoms with Crippen LogP contribution in [0.1, 0.15) is 60.9 Å². The van der Waals surface area contributed by atoms with Crippen LogP contribution in [-0.2, 0) is 22.6 Å². The number of carbonyl (C=O) groups excluding carboxylic acids is 2. The Hall–Kier alpha value is -2.45. The number of hydrogen-bond donors (Lipinski definition) is 1. The predicted octanol–water partition coefficient (Wildman–Crippen LogP) is 5.25. The first kappa shape index (κ1) is 25.6. The standard InChI is InChI=1S/C27H36FN3O3S/c1-20-13-15-35-25(20)18-30(16-21-9-11-22(28)12-10-21)26(32)19-31(17-24-8-5-14-34-24)27(33)29-23-6-3-2-4-7-23/h9-13,15,23-24H,2-8,14,16-19H2,1H3,(H,29,33). The van der Waals surface area contributed by atoms with Crippen LogP contribution in [0.2, 0.25) is 0 Å². The molecule has 1 unspecified atom stereocenters. The Bertz CT molecular complexity index is 968. The van der Waals surface area contributed by atoms with E-state index in [0.717, 1.165) is 54.5 Å². The van der Waals surface area contributed by atoms with Gasteiger partial charge in [0.15, 0.2) is 0 Å². The first-order valence-corrected chi connectivity index (χ1v) is 13.6.